The van der Waals surface area contributed by atoms with Crippen LogP contribution in [0.2, 0.25) is 0 Å². The first-order valence-electron chi connectivity index (χ1n) is 12.7. The first kappa shape index (κ1) is 20.7. The standard InChI is InChI=1S/C33H23BO3/c1-18-7-4-10-23-24-15-21(13-14-27(24)35-31(18)23)22-16-28-30-29(17-22)37-33-20(3)9-6-12-26(33)34(30)25-11-5-8-19(2)32(25)36-28/h4-17H,1-3H3. The number of hydrogen-bond donors (Lipinski definition) is 0. The summed E-state index contributed by atoms with van der Waals surface area (Å²) in [5.74, 6) is 3.62. The fourth-order valence-corrected chi connectivity index (χ4v) is 6.12. The Morgan fingerprint density at radius 1 is 0.568 bits per heavy atom. The Hall–Kier alpha value is -4.44. The lowest BCUT2D eigenvalue weighted by Gasteiger charge is -2.34. The number of aryl methyl sites for hydroxylation is 3. The molecule has 0 amide bonds. The molecule has 6 aromatic rings. The van der Waals surface area contributed by atoms with Gasteiger partial charge in [-0.05, 0) is 83.8 Å². The van der Waals surface area contributed by atoms with E-state index in [1.54, 1.807) is 0 Å². The Kier molecular flexibility index (Phi) is 4.09. The Balaban J connectivity index is 1.37. The molecular weight excluding hydrogens is 455 g/mol. The molecule has 0 saturated carbocycles. The number of hydrogen-bond acceptors (Lipinski definition) is 3. The third kappa shape index (κ3) is 2.84. The Morgan fingerprint density at radius 3 is 1.86 bits per heavy atom. The summed E-state index contributed by atoms with van der Waals surface area (Å²) >= 11 is 0. The fourth-order valence-electron chi connectivity index (χ4n) is 6.12. The number of fused-ring (bicyclic) bond motifs is 7. The summed E-state index contributed by atoms with van der Waals surface area (Å²) in [7, 11) is 0. The van der Waals surface area contributed by atoms with Gasteiger partial charge in [0.05, 0.1) is 0 Å². The molecule has 3 heterocycles. The van der Waals surface area contributed by atoms with Crippen molar-refractivity contribution in [3.63, 3.8) is 0 Å². The first-order chi connectivity index (χ1) is 18.1. The highest BCUT2D eigenvalue weighted by Crippen LogP contribution is 2.41. The molecule has 176 valence electrons. The van der Waals surface area contributed by atoms with Crippen LogP contribution in [0, 0.1) is 20.8 Å². The van der Waals surface area contributed by atoms with Gasteiger partial charge in [0.25, 0.3) is 6.71 Å². The van der Waals surface area contributed by atoms with E-state index in [0.717, 1.165) is 78.2 Å². The quantitative estimate of drug-likeness (QED) is 0.241. The van der Waals surface area contributed by atoms with Gasteiger partial charge in [-0.25, -0.2) is 0 Å². The fraction of sp³-hybridized carbons (Fsp3) is 0.0909. The molecule has 0 fully saturated rings. The molecule has 0 aliphatic carbocycles. The second-order valence-electron chi connectivity index (χ2n) is 10.3. The molecule has 8 rings (SSSR count). The molecule has 0 unspecified atom stereocenters. The van der Waals surface area contributed by atoms with Crippen LogP contribution in [0.4, 0.5) is 0 Å². The predicted octanol–water partition coefficient (Wildman–Crippen LogP) is 6.91. The molecule has 1 aromatic heterocycles. The summed E-state index contributed by atoms with van der Waals surface area (Å²) in [5.41, 5.74) is 10.9. The van der Waals surface area contributed by atoms with Crippen molar-refractivity contribution < 1.29 is 13.9 Å². The second-order valence-corrected chi connectivity index (χ2v) is 10.3. The third-order valence-electron chi connectivity index (χ3n) is 7.95. The van der Waals surface area contributed by atoms with E-state index >= 15 is 0 Å². The molecule has 0 N–H and O–H groups in total. The number of ether oxygens (including phenoxy) is 2. The largest absolute Gasteiger partial charge is 0.458 e. The summed E-state index contributed by atoms with van der Waals surface area (Å²) in [6, 6.07) is 29.9. The third-order valence-corrected chi connectivity index (χ3v) is 7.95. The lowest BCUT2D eigenvalue weighted by atomic mass is 9.34. The van der Waals surface area contributed by atoms with E-state index in [4.69, 9.17) is 13.9 Å². The van der Waals surface area contributed by atoms with Crippen molar-refractivity contribution in [3.05, 3.63) is 102 Å². The molecule has 3 nitrogen and oxygen atoms in total. The van der Waals surface area contributed by atoms with Gasteiger partial charge in [0.1, 0.15) is 34.2 Å². The molecule has 0 bridgehead atoms. The zero-order valence-electron chi connectivity index (χ0n) is 20.9. The van der Waals surface area contributed by atoms with Crippen molar-refractivity contribution in [2.45, 2.75) is 20.8 Å². The van der Waals surface area contributed by atoms with Gasteiger partial charge in [-0.3, -0.25) is 0 Å². The smallest absolute Gasteiger partial charge is 0.260 e. The molecular formula is C33H23BO3. The normalized spacial score (nSPS) is 13.1. The van der Waals surface area contributed by atoms with Gasteiger partial charge in [-0.2, -0.15) is 0 Å². The van der Waals surface area contributed by atoms with E-state index < -0.39 is 0 Å². The van der Waals surface area contributed by atoms with Crippen molar-refractivity contribution in [1.29, 1.82) is 0 Å². The highest BCUT2D eigenvalue weighted by Gasteiger charge is 2.41. The lowest BCUT2D eigenvalue weighted by molar-refractivity contribution is 0.461. The molecule has 4 heteroatoms. The van der Waals surface area contributed by atoms with E-state index in [-0.39, 0.29) is 6.71 Å². The minimum atomic E-state index is 0.0784. The highest BCUT2D eigenvalue weighted by atomic mass is 16.5. The Morgan fingerprint density at radius 2 is 1.19 bits per heavy atom. The maximum Gasteiger partial charge on any atom is 0.260 e. The maximum absolute atomic E-state index is 6.62. The monoisotopic (exact) mass is 478 g/mol. The van der Waals surface area contributed by atoms with Crippen molar-refractivity contribution in [2.24, 2.45) is 0 Å². The van der Waals surface area contributed by atoms with Crippen molar-refractivity contribution in [3.8, 4) is 34.1 Å². The van der Waals surface area contributed by atoms with Crippen molar-refractivity contribution in [2.75, 3.05) is 0 Å². The molecule has 2 aliphatic heterocycles. The van der Waals surface area contributed by atoms with Crippen LogP contribution >= 0.6 is 0 Å². The van der Waals surface area contributed by atoms with Crippen molar-refractivity contribution >= 4 is 45.0 Å². The summed E-state index contributed by atoms with van der Waals surface area (Å²) in [6.45, 7) is 6.40. The van der Waals surface area contributed by atoms with Gasteiger partial charge in [0, 0.05) is 16.2 Å². The van der Waals surface area contributed by atoms with Crippen LogP contribution in [0.5, 0.6) is 23.0 Å². The van der Waals surface area contributed by atoms with Crippen LogP contribution in [-0.2, 0) is 0 Å². The van der Waals surface area contributed by atoms with Crippen LogP contribution in [0.25, 0.3) is 33.1 Å². The highest BCUT2D eigenvalue weighted by molar-refractivity contribution is 6.98. The molecule has 0 radical (unpaired) electrons. The summed E-state index contributed by atoms with van der Waals surface area (Å²) in [5, 5.41) is 2.25. The van der Waals surface area contributed by atoms with Gasteiger partial charge in [0.2, 0.25) is 0 Å². The first-order valence-corrected chi connectivity index (χ1v) is 12.7. The lowest BCUT2D eigenvalue weighted by Crippen LogP contribution is -2.57. The molecule has 0 atom stereocenters. The van der Waals surface area contributed by atoms with Crippen LogP contribution in [-0.4, -0.2) is 6.71 Å². The number of rotatable bonds is 1. The number of benzene rings is 5. The van der Waals surface area contributed by atoms with E-state index in [1.807, 2.05) is 0 Å². The topological polar surface area (TPSA) is 31.6 Å². The van der Waals surface area contributed by atoms with Crippen LogP contribution < -0.4 is 25.9 Å². The van der Waals surface area contributed by atoms with Gasteiger partial charge in [-0.15, -0.1) is 0 Å². The van der Waals surface area contributed by atoms with E-state index in [0.29, 0.717) is 0 Å². The molecule has 5 aromatic carbocycles. The average Bonchev–Trinajstić information content (AvgIpc) is 3.29. The minimum Gasteiger partial charge on any atom is -0.458 e. The van der Waals surface area contributed by atoms with E-state index in [1.165, 1.54) is 10.9 Å². The number of para-hydroxylation sites is 3. The van der Waals surface area contributed by atoms with E-state index in [9.17, 15) is 0 Å². The van der Waals surface area contributed by atoms with Crippen LogP contribution in [0.1, 0.15) is 16.7 Å². The Bertz CT molecular complexity index is 1850. The predicted molar refractivity (Wildman–Crippen MR) is 151 cm³/mol. The maximum atomic E-state index is 6.62. The zero-order valence-corrected chi connectivity index (χ0v) is 20.9. The average molecular weight is 478 g/mol. The van der Waals surface area contributed by atoms with Gasteiger partial charge >= 0.3 is 0 Å². The zero-order chi connectivity index (χ0) is 24.8. The summed E-state index contributed by atoms with van der Waals surface area (Å²) < 4.78 is 19.4. The second kappa shape index (κ2) is 7.30. The number of furan rings is 1. The molecule has 37 heavy (non-hydrogen) atoms. The minimum absolute atomic E-state index is 0.0784. The SMILES string of the molecule is Cc1cccc2c1Oc1cc(-c3ccc4oc5c(C)cccc5c4c3)cc3c1B2c1cccc(C)c1O3. The summed E-state index contributed by atoms with van der Waals surface area (Å²) in [6.07, 6.45) is 0. The van der Waals surface area contributed by atoms with Gasteiger partial charge in [-0.1, -0.05) is 60.7 Å². The van der Waals surface area contributed by atoms with Crippen LogP contribution in [0.15, 0.2) is 89.3 Å². The Labute approximate surface area is 215 Å². The summed E-state index contributed by atoms with van der Waals surface area (Å²) in [4.78, 5) is 0. The van der Waals surface area contributed by atoms with Gasteiger partial charge in [0.15, 0.2) is 0 Å². The molecule has 0 spiro atoms. The van der Waals surface area contributed by atoms with Crippen molar-refractivity contribution in [1.82, 2.24) is 0 Å². The van der Waals surface area contributed by atoms with Crippen LogP contribution in [0.3, 0.4) is 0 Å². The molecule has 0 saturated heterocycles. The van der Waals surface area contributed by atoms with E-state index in [2.05, 4.69) is 106 Å². The molecule has 2 aliphatic rings. The van der Waals surface area contributed by atoms with Gasteiger partial charge < -0.3 is 13.9 Å².